The lowest BCUT2D eigenvalue weighted by Crippen LogP contribution is -2.40. The summed E-state index contributed by atoms with van der Waals surface area (Å²) in [5.74, 6) is 0.538. The highest BCUT2D eigenvalue weighted by Crippen LogP contribution is 2.36. The Morgan fingerprint density at radius 2 is 1.65 bits per heavy atom. The van der Waals surface area contributed by atoms with Crippen LogP contribution in [0.15, 0.2) is 112 Å². The second-order valence-electron chi connectivity index (χ2n) is 11.8. The number of hydrogen-bond acceptors (Lipinski definition) is 7. The lowest BCUT2D eigenvalue weighted by molar-refractivity contribution is -0.138. The van der Waals surface area contributed by atoms with Gasteiger partial charge in [-0.15, -0.1) is 0 Å². The van der Waals surface area contributed by atoms with Crippen LogP contribution in [-0.2, 0) is 16.1 Å². The summed E-state index contributed by atoms with van der Waals surface area (Å²) < 4.78 is 32.9. The maximum Gasteiger partial charge on any atom is 0.338 e. The van der Waals surface area contributed by atoms with E-state index in [9.17, 15) is 14.0 Å². The molecule has 9 heteroatoms. The van der Waals surface area contributed by atoms with Gasteiger partial charge in [0.15, 0.2) is 16.3 Å². The summed E-state index contributed by atoms with van der Waals surface area (Å²) in [4.78, 5) is 33.5. The minimum atomic E-state index is -0.755. The van der Waals surface area contributed by atoms with Gasteiger partial charge in [0.05, 0.1) is 35.1 Å². The van der Waals surface area contributed by atoms with Crippen LogP contribution in [0.25, 0.3) is 11.8 Å². The van der Waals surface area contributed by atoms with Crippen molar-refractivity contribution in [2.24, 2.45) is 4.99 Å². The van der Waals surface area contributed by atoms with Gasteiger partial charge in [0.1, 0.15) is 12.4 Å². The number of esters is 1. The molecular formula is C40H37FN2O5S. The molecule has 0 N–H and O–H groups in total. The highest BCUT2D eigenvalue weighted by atomic mass is 32.1. The Hall–Kier alpha value is -5.28. The normalized spacial score (nSPS) is 14.4. The molecule has 0 amide bonds. The fourth-order valence-electron chi connectivity index (χ4n) is 5.71. The van der Waals surface area contributed by atoms with Gasteiger partial charge >= 0.3 is 5.97 Å². The smallest absolute Gasteiger partial charge is 0.338 e. The molecule has 7 nitrogen and oxygen atoms in total. The average molecular weight is 677 g/mol. The molecule has 0 spiro atoms. The van der Waals surface area contributed by atoms with E-state index in [2.05, 4.69) is 13.8 Å². The molecule has 49 heavy (non-hydrogen) atoms. The quantitative estimate of drug-likeness (QED) is 0.139. The van der Waals surface area contributed by atoms with E-state index < -0.39 is 12.0 Å². The molecule has 5 aromatic rings. The molecule has 1 aliphatic heterocycles. The highest BCUT2D eigenvalue weighted by molar-refractivity contribution is 7.07. The molecule has 1 aromatic heterocycles. The zero-order valence-electron chi connectivity index (χ0n) is 27.8. The van der Waals surface area contributed by atoms with Gasteiger partial charge in [-0.2, -0.15) is 0 Å². The van der Waals surface area contributed by atoms with Crippen LogP contribution in [0.4, 0.5) is 4.39 Å². The molecule has 0 radical (unpaired) electrons. The number of ether oxygens (including phenoxy) is 3. The van der Waals surface area contributed by atoms with Crippen LogP contribution >= 0.6 is 11.3 Å². The number of rotatable bonds is 11. The third-order valence-corrected chi connectivity index (χ3v) is 9.15. The second-order valence-corrected chi connectivity index (χ2v) is 12.8. The molecular weight excluding hydrogens is 640 g/mol. The first-order chi connectivity index (χ1) is 23.8. The van der Waals surface area contributed by atoms with E-state index in [0.29, 0.717) is 44.6 Å². The number of hydrogen-bond donors (Lipinski definition) is 0. The van der Waals surface area contributed by atoms with Gasteiger partial charge in [-0.3, -0.25) is 9.36 Å². The topological polar surface area (TPSA) is 79.1 Å². The van der Waals surface area contributed by atoms with Gasteiger partial charge < -0.3 is 14.2 Å². The zero-order valence-corrected chi connectivity index (χ0v) is 28.6. The number of fused-ring (bicyclic) bond motifs is 1. The Bertz CT molecular complexity index is 2170. The van der Waals surface area contributed by atoms with Crippen LogP contribution < -0.4 is 24.4 Å². The minimum Gasteiger partial charge on any atom is -0.490 e. The van der Waals surface area contributed by atoms with Crippen LogP contribution in [0.2, 0.25) is 0 Å². The zero-order chi connectivity index (χ0) is 34.5. The first kappa shape index (κ1) is 33.6. The molecule has 2 heterocycles. The fourth-order valence-corrected chi connectivity index (χ4v) is 6.72. The summed E-state index contributed by atoms with van der Waals surface area (Å²) in [6.07, 6.45) is 1.80. The lowest BCUT2D eigenvalue weighted by Gasteiger charge is -2.26. The predicted octanol–water partition coefficient (Wildman–Crippen LogP) is 7.18. The molecule has 0 saturated carbocycles. The van der Waals surface area contributed by atoms with E-state index in [1.807, 2.05) is 73.7 Å². The van der Waals surface area contributed by atoms with Crippen molar-refractivity contribution in [1.82, 2.24) is 4.57 Å². The first-order valence-corrected chi connectivity index (χ1v) is 17.1. The molecule has 0 saturated heterocycles. The van der Waals surface area contributed by atoms with Crippen molar-refractivity contribution in [3.63, 3.8) is 0 Å². The number of benzene rings is 4. The van der Waals surface area contributed by atoms with Gasteiger partial charge in [0.2, 0.25) is 0 Å². The molecule has 4 aromatic carbocycles. The number of halogens is 1. The number of carbonyl (C=O) groups excluding carboxylic acids is 1. The number of thiazole rings is 1. The lowest BCUT2D eigenvalue weighted by atomic mass is 9.91. The van der Waals surface area contributed by atoms with E-state index in [0.717, 1.165) is 27.8 Å². The van der Waals surface area contributed by atoms with Gasteiger partial charge in [0, 0.05) is 5.56 Å². The van der Waals surface area contributed by atoms with Crippen molar-refractivity contribution in [2.75, 3.05) is 13.2 Å². The van der Waals surface area contributed by atoms with E-state index in [4.69, 9.17) is 19.2 Å². The monoisotopic (exact) mass is 676 g/mol. The van der Waals surface area contributed by atoms with Gasteiger partial charge in [0.25, 0.3) is 5.56 Å². The average Bonchev–Trinajstić information content (AvgIpc) is 3.42. The molecule has 1 atom stereocenters. The Kier molecular flexibility index (Phi) is 10.2. The summed E-state index contributed by atoms with van der Waals surface area (Å²) in [7, 11) is 0. The Morgan fingerprint density at radius 3 is 2.33 bits per heavy atom. The van der Waals surface area contributed by atoms with Gasteiger partial charge in [-0.25, -0.2) is 14.2 Å². The van der Waals surface area contributed by atoms with Crippen molar-refractivity contribution < 1.29 is 23.4 Å². The molecule has 6 rings (SSSR count). The van der Waals surface area contributed by atoms with Gasteiger partial charge in [-0.1, -0.05) is 98.0 Å². The number of carbonyl (C=O) groups is 1. The van der Waals surface area contributed by atoms with Crippen molar-refractivity contribution in [1.29, 1.82) is 0 Å². The SMILES string of the molecule is CCOC(=O)C1=C(c2ccccc2)N=c2s/c(=C\c3ccc(OCc4ccc(F)cc4)c(OCC)c3)c(=O)n2[C@@H]1c1ccc(C(C)C)cc1. The van der Waals surface area contributed by atoms with E-state index in [-0.39, 0.29) is 24.6 Å². The highest BCUT2D eigenvalue weighted by Gasteiger charge is 2.35. The molecule has 250 valence electrons. The largest absolute Gasteiger partial charge is 0.490 e. The Morgan fingerprint density at radius 1 is 0.918 bits per heavy atom. The van der Waals surface area contributed by atoms with Crippen molar-refractivity contribution >= 4 is 29.1 Å². The van der Waals surface area contributed by atoms with E-state index >= 15 is 0 Å². The fraction of sp³-hybridized carbons (Fsp3) is 0.225. The maximum atomic E-state index is 14.3. The molecule has 1 aliphatic rings. The molecule has 0 unspecified atom stereocenters. The van der Waals surface area contributed by atoms with E-state index in [1.54, 1.807) is 35.8 Å². The van der Waals surface area contributed by atoms with Crippen LogP contribution in [0.5, 0.6) is 11.5 Å². The van der Waals surface area contributed by atoms with Crippen LogP contribution in [0.1, 0.15) is 67.5 Å². The standard InChI is InChI=1S/C40H37FN2O5S/c1-5-46-33-22-27(14-21-32(33)48-24-26-12-19-31(41)20-13-26)23-34-38(44)43-37(30-17-15-28(16-18-30)25(3)4)35(39(45)47-6-2)36(42-40(43)49-34)29-10-8-7-9-11-29/h7-23,25,37H,5-6,24H2,1-4H3/b34-23-/t37-/m1/s1. The number of nitrogens with zero attached hydrogens (tertiary/aromatic N) is 2. The van der Waals surface area contributed by atoms with Crippen molar-refractivity contribution in [2.45, 2.75) is 46.3 Å². The summed E-state index contributed by atoms with van der Waals surface area (Å²) in [6, 6.07) is 28.4. The van der Waals surface area contributed by atoms with Crippen molar-refractivity contribution in [3.05, 3.63) is 156 Å². The van der Waals surface area contributed by atoms with Crippen molar-refractivity contribution in [3.8, 4) is 11.5 Å². The first-order valence-electron chi connectivity index (χ1n) is 16.3. The van der Waals surface area contributed by atoms with Crippen LogP contribution in [0, 0.1) is 5.82 Å². The summed E-state index contributed by atoms with van der Waals surface area (Å²) in [5, 5.41) is 0. The molecule has 0 bridgehead atoms. The number of aromatic nitrogens is 1. The Balaban J connectivity index is 1.47. The minimum absolute atomic E-state index is 0.180. The van der Waals surface area contributed by atoms with Crippen LogP contribution in [0.3, 0.4) is 0 Å². The van der Waals surface area contributed by atoms with Gasteiger partial charge in [-0.05, 0) is 72.4 Å². The molecule has 0 fully saturated rings. The van der Waals surface area contributed by atoms with E-state index in [1.165, 1.54) is 23.5 Å². The third-order valence-electron chi connectivity index (χ3n) is 8.17. The summed E-state index contributed by atoms with van der Waals surface area (Å²) in [5.41, 5.74) is 4.75. The maximum absolute atomic E-state index is 14.3. The predicted molar refractivity (Wildman–Crippen MR) is 190 cm³/mol. The molecule has 0 aliphatic carbocycles. The van der Waals surface area contributed by atoms with Crippen LogP contribution in [-0.4, -0.2) is 23.8 Å². The third kappa shape index (κ3) is 7.27. The second kappa shape index (κ2) is 14.9. The Labute approximate surface area is 288 Å². The summed E-state index contributed by atoms with van der Waals surface area (Å²) >= 11 is 1.26. The summed E-state index contributed by atoms with van der Waals surface area (Å²) in [6.45, 7) is 8.72.